The van der Waals surface area contributed by atoms with Crippen LogP contribution < -0.4 is 10.6 Å². The van der Waals surface area contributed by atoms with Crippen LogP contribution in [0.3, 0.4) is 0 Å². The van der Waals surface area contributed by atoms with Gasteiger partial charge in [-0.3, -0.25) is 14.5 Å². The fourth-order valence-electron chi connectivity index (χ4n) is 3.14. The summed E-state index contributed by atoms with van der Waals surface area (Å²) in [4.78, 5) is 26.1. The third-order valence-electron chi connectivity index (χ3n) is 4.26. The van der Waals surface area contributed by atoms with Gasteiger partial charge in [0.25, 0.3) is 0 Å². The topological polar surface area (TPSA) is 79.9 Å². The van der Waals surface area contributed by atoms with Crippen LogP contribution in [0.15, 0.2) is 30.3 Å². The van der Waals surface area contributed by atoms with E-state index in [9.17, 15) is 9.59 Å². The summed E-state index contributed by atoms with van der Waals surface area (Å²) >= 11 is 0. The molecular weight excluding hydrogens is 322 g/mol. The van der Waals surface area contributed by atoms with Crippen LogP contribution in [0, 0.1) is 0 Å². The van der Waals surface area contributed by atoms with Gasteiger partial charge < -0.3 is 20.1 Å². The maximum atomic E-state index is 12.0. The van der Waals surface area contributed by atoms with Gasteiger partial charge in [0.2, 0.25) is 11.8 Å². The van der Waals surface area contributed by atoms with E-state index in [0.29, 0.717) is 13.1 Å². The number of methoxy groups -OCH3 is 2. The molecule has 0 spiro atoms. The normalized spacial score (nSPS) is 20.4. The Balaban J connectivity index is 1.99. The number of benzene rings is 1. The molecule has 25 heavy (non-hydrogen) atoms. The summed E-state index contributed by atoms with van der Waals surface area (Å²) < 4.78 is 9.75. The first kappa shape index (κ1) is 19.4. The van der Waals surface area contributed by atoms with Gasteiger partial charge in [0, 0.05) is 40.4 Å². The molecule has 0 unspecified atom stereocenters. The average Bonchev–Trinajstić information content (AvgIpc) is 2.97. The molecule has 2 N–H and O–H groups in total. The lowest BCUT2D eigenvalue weighted by Crippen LogP contribution is -2.58. The Morgan fingerprint density at radius 3 is 2.48 bits per heavy atom. The van der Waals surface area contributed by atoms with E-state index in [1.807, 2.05) is 18.2 Å². The summed E-state index contributed by atoms with van der Waals surface area (Å²) in [5.41, 5.74) is 0.735. The average molecular weight is 349 g/mol. The van der Waals surface area contributed by atoms with Gasteiger partial charge >= 0.3 is 0 Å². The first-order valence-corrected chi connectivity index (χ1v) is 8.39. The van der Waals surface area contributed by atoms with Crippen molar-refractivity contribution in [2.75, 3.05) is 47.1 Å². The number of nitrogens with one attached hydrogen (secondary N) is 2. The Bertz CT molecular complexity index is 567. The SMILES string of the molecule is COCC(=O)NC[C@]1(NC(=O)COC)CCN(Cc2ccccc2)C1. The number of carbonyl (C=O) groups is 2. The second-order valence-electron chi connectivity index (χ2n) is 6.42. The molecule has 1 aliphatic rings. The van der Waals surface area contributed by atoms with Crippen molar-refractivity contribution < 1.29 is 19.1 Å². The zero-order chi connectivity index (χ0) is 18.1. The van der Waals surface area contributed by atoms with Crippen molar-refractivity contribution in [2.24, 2.45) is 0 Å². The van der Waals surface area contributed by atoms with Crippen LogP contribution in [0.2, 0.25) is 0 Å². The zero-order valence-electron chi connectivity index (χ0n) is 14.9. The Kier molecular flexibility index (Phi) is 7.36. The van der Waals surface area contributed by atoms with Crippen molar-refractivity contribution in [2.45, 2.75) is 18.5 Å². The molecule has 0 bridgehead atoms. The second-order valence-corrected chi connectivity index (χ2v) is 6.42. The number of rotatable bonds is 9. The van der Waals surface area contributed by atoms with Crippen molar-refractivity contribution in [3.8, 4) is 0 Å². The quantitative estimate of drug-likeness (QED) is 0.664. The molecule has 2 amide bonds. The summed E-state index contributed by atoms with van der Waals surface area (Å²) in [5, 5.41) is 5.90. The molecular formula is C18H27N3O4. The van der Waals surface area contributed by atoms with E-state index in [0.717, 1.165) is 19.5 Å². The number of carbonyl (C=O) groups excluding carboxylic acids is 2. The van der Waals surface area contributed by atoms with Crippen LogP contribution in [0.4, 0.5) is 0 Å². The van der Waals surface area contributed by atoms with Crippen LogP contribution >= 0.6 is 0 Å². The predicted octanol–water partition coefficient (Wildman–Crippen LogP) is 0.156. The van der Waals surface area contributed by atoms with Crippen molar-refractivity contribution in [3.63, 3.8) is 0 Å². The number of ether oxygens (including phenoxy) is 2. The summed E-state index contributed by atoms with van der Waals surface area (Å²) in [6.07, 6.45) is 0.766. The minimum absolute atomic E-state index is 0.00640. The predicted molar refractivity (Wildman–Crippen MR) is 94.0 cm³/mol. The Morgan fingerprint density at radius 2 is 1.80 bits per heavy atom. The minimum Gasteiger partial charge on any atom is -0.375 e. The lowest BCUT2D eigenvalue weighted by Gasteiger charge is -2.31. The lowest BCUT2D eigenvalue weighted by molar-refractivity contribution is -0.128. The molecule has 7 nitrogen and oxygen atoms in total. The highest BCUT2D eigenvalue weighted by atomic mass is 16.5. The van der Waals surface area contributed by atoms with Crippen molar-refractivity contribution in [3.05, 3.63) is 35.9 Å². The number of amides is 2. The second kappa shape index (κ2) is 9.50. The fraction of sp³-hybridized carbons (Fsp3) is 0.556. The molecule has 1 aromatic rings. The van der Waals surface area contributed by atoms with Gasteiger partial charge in [-0.05, 0) is 12.0 Å². The van der Waals surface area contributed by atoms with E-state index >= 15 is 0 Å². The lowest BCUT2D eigenvalue weighted by atomic mass is 9.98. The van der Waals surface area contributed by atoms with Crippen LogP contribution in [0.5, 0.6) is 0 Å². The standard InChI is InChI=1S/C18H27N3O4/c1-24-11-16(22)19-13-18(20-17(23)12-25-2)8-9-21(14-18)10-15-6-4-3-5-7-15/h3-7H,8-14H2,1-2H3,(H,19,22)(H,20,23)/t18-/m1/s1. The van der Waals surface area contributed by atoms with Gasteiger partial charge in [-0.25, -0.2) is 0 Å². The highest BCUT2D eigenvalue weighted by molar-refractivity contribution is 5.79. The van der Waals surface area contributed by atoms with Gasteiger partial charge in [0.15, 0.2) is 0 Å². The minimum atomic E-state index is -0.492. The largest absolute Gasteiger partial charge is 0.375 e. The van der Waals surface area contributed by atoms with Gasteiger partial charge in [-0.2, -0.15) is 0 Å². The van der Waals surface area contributed by atoms with Gasteiger partial charge in [-0.15, -0.1) is 0 Å². The molecule has 0 saturated carbocycles. The molecule has 2 rings (SSSR count). The number of nitrogens with zero attached hydrogens (tertiary/aromatic N) is 1. The fourth-order valence-corrected chi connectivity index (χ4v) is 3.14. The molecule has 7 heteroatoms. The van der Waals surface area contributed by atoms with Crippen molar-refractivity contribution in [1.82, 2.24) is 15.5 Å². The Labute approximate surface area is 148 Å². The van der Waals surface area contributed by atoms with E-state index in [1.54, 1.807) is 0 Å². The van der Waals surface area contributed by atoms with Gasteiger partial charge in [-0.1, -0.05) is 30.3 Å². The van der Waals surface area contributed by atoms with Gasteiger partial charge in [0.1, 0.15) is 13.2 Å². The number of hydrogen-bond acceptors (Lipinski definition) is 5. The Hall–Kier alpha value is -1.96. The molecule has 0 aromatic heterocycles. The summed E-state index contributed by atoms with van der Waals surface area (Å²) in [6, 6.07) is 10.2. The number of hydrogen-bond donors (Lipinski definition) is 2. The number of likely N-dealkylation sites (tertiary alicyclic amines) is 1. The molecule has 1 saturated heterocycles. The highest BCUT2D eigenvalue weighted by Gasteiger charge is 2.39. The first-order valence-electron chi connectivity index (χ1n) is 8.39. The third-order valence-corrected chi connectivity index (χ3v) is 4.26. The van der Waals surface area contributed by atoms with E-state index in [1.165, 1.54) is 19.8 Å². The van der Waals surface area contributed by atoms with Crippen LogP contribution in [-0.2, 0) is 25.6 Å². The monoisotopic (exact) mass is 349 g/mol. The third kappa shape index (κ3) is 6.12. The Morgan fingerprint density at radius 1 is 1.12 bits per heavy atom. The van der Waals surface area contributed by atoms with E-state index < -0.39 is 5.54 Å². The first-order chi connectivity index (χ1) is 12.1. The summed E-state index contributed by atoms with van der Waals surface area (Å²) in [7, 11) is 2.97. The smallest absolute Gasteiger partial charge is 0.246 e. The molecule has 0 aliphatic carbocycles. The van der Waals surface area contributed by atoms with E-state index in [4.69, 9.17) is 9.47 Å². The molecule has 1 fully saturated rings. The summed E-state index contributed by atoms with van der Waals surface area (Å²) in [5.74, 6) is -0.366. The molecule has 1 heterocycles. The maximum Gasteiger partial charge on any atom is 0.246 e. The van der Waals surface area contributed by atoms with Crippen molar-refractivity contribution in [1.29, 1.82) is 0 Å². The molecule has 1 aliphatic heterocycles. The van der Waals surface area contributed by atoms with Crippen LogP contribution in [-0.4, -0.2) is 69.3 Å². The van der Waals surface area contributed by atoms with Crippen LogP contribution in [0.25, 0.3) is 0 Å². The maximum absolute atomic E-state index is 12.0. The van der Waals surface area contributed by atoms with Crippen molar-refractivity contribution >= 4 is 11.8 Å². The molecule has 1 atom stereocenters. The van der Waals surface area contributed by atoms with E-state index in [2.05, 4.69) is 27.7 Å². The van der Waals surface area contributed by atoms with Crippen LogP contribution in [0.1, 0.15) is 12.0 Å². The van der Waals surface area contributed by atoms with E-state index in [-0.39, 0.29) is 25.0 Å². The zero-order valence-corrected chi connectivity index (χ0v) is 14.9. The molecule has 138 valence electrons. The molecule has 0 radical (unpaired) electrons. The van der Waals surface area contributed by atoms with Gasteiger partial charge in [0.05, 0.1) is 5.54 Å². The highest BCUT2D eigenvalue weighted by Crippen LogP contribution is 2.23. The summed E-state index contributed by atoms with van der Waals surface area (Å²) in [6.45, 7) is 2.72. The molecule has 1 aromatic carbocycles.